The smallest absolute Gasteiger partial charge is 0.303 e. The minimum atomic E-state index is -0.413. The number of benzene rings is 1. The maximum atomic E-state index is 11.5. The molecule has 22 heavy (non-hydrogen) atoms. The fraction of sp³-hybridized carbons (Fsp3) is 0.176. The van der Waals surface area contributed by atoms with Gasteiger partial charge in [-0.05, 0) is 17.0 Å². The first-order chi connectivity index (χ1) is 10.7. The number of imidazole rings is 1. The van der Waals surface area contributed by atoms with E-state index in [9.17, 15) is 4.79 Å². The molecule has 0 saturated heterocycles. The van der Waals surface area contributed by atoms with Crippen LogP contribution in [0.2, 0.25) is 0 Å². The summed E-state index contributed by atoms with van der Waals surface area (Å²) in [5.74, 6) is -0.300. The van der Waals surface area contributed by atoms with E-state index < -0.39 is 6.10 Å². The lowest BCUT2D eigenvalue weighted by Gasteiger charge is -2.18. The zero-order valence-corrected chi connectivity index (χ0v) is 13.0. The second-order valence-electron chi connectivity index (χ2n) is 4.94. The summed E-state index contributed by atoms with van der Waals surface area (Å²) in [5.41, 5.74) is 2.05. The third-order valence-corrected chi connectivity index (χ3v) is 4.21. The molecule has 2 heterocycles. The molecular weight excluding hydrogens is 296 g/mol. The van der Waals surface area contributed by atoms with Gasteiger partial charge in [0, 0.05) is 13.5 Å². The van der Waals surface area contributed by atoms with Crippen LogP contribution in [-0.4, -0.2) is 15.5 Å². The van der Waals surface area contributed by atoms with Crippen molar-refractivity contribution in [3.05, 3.63) is 76.5 Å². The van der Waals surface area contributed by atoms with Crippen molar-refractivity contribution in [2.75, 3.05) is 0 Å². The van der Waals surface area contributed by atoms with Crippen molar-refractivity contribution in [3.63, 3.8) is 0 Å². The first-order valence-corrected chi connectivity index (χ1v) is 7.86. The SMILES string of the molecule is CC(=O)OC(c1cccs1)c1cncn1Cc1ccccc1. The minimum Gasteiger partial charge on any atom is -0.450 e. The highest BCUT2D eigenvalue weighted by Gasteiger charge is 2.22. The molecule has 0 aliphatic carbocycles. The molecule has 0 saturated carbocycles. The van der Waals surface area contributed by atoms with Gasteiger partial charge < -0.3 is 9.30 Å². The summed E-state index contributed by atoms with van der Waals surface area (Å²) < 4.78 is 7.54. The number of carbonyl (C=O) groups excluding carboxylic acids is 1. The van der Waals surface area contributed by atoms with Gasteiger partial charge in [0.2, 0.25) is 0 Å². The number of nitrogens with zero attached hydrogens (tertiary/aromatic N) is 2. The molecule has 5 heteroatoms. The van der Waals surface area contributed by atoms with E-state index in [1.807, 2.05) is 40.3 Å². The Morgan fingerprint density at radius 2 is 2.09 bits per heavy atom. The van der Waals surface area contributed by atoms with Crippen molar-refractivity contribution < 1.29 is 9.53 Å². The van der Waals surface area contributed by atoms with Crippen molar-refractivity contribution in [2.45, 2.75) is 19.6 Å². The van der Waals surface area contributed by atoms with E-state index in [1.165, 1.54) is 12.5 Å². The molecule has 1 unspecified atom stereocenters. The van der Waals surface area contributed by atoms with Gasteiger partial charge in [0.05, 0.1) is 23.1 Å². The van der Waals surface area contributed by atoms with E-state index in [0.29, 0.717) is 6.54 Å². The highest BCUT2D eigenvalue weighted by atomic mass is 32.1. The van der Waals surface area contributed by atoms with Crippen LogP contribution in [-0.2, 0) is 16.1 Å². The lowest BCUT2D eigenvalue weighted by molar-refractivity contribution is -0.144. The van der Waals surface area contributed by atoms with Gasteiger partial charge in [-0.1, -0.05) is 36.4 Å². The number of hydrogen-bond donors (Lipinski definition) is 0. The molecule has 1 aromatic carbocycles. The van der Waals surface area contributed by atoms with E-state index in [2.05, 4.69) is 17.1 Å². The van der Waals surface area contributed by atoms with Crippen molar-refractivity contribution in [1.82, 2.24) is 9.55 Å². The van der Waals surface area contributed by atoms with Crippen LogP contribution in [0.3, 0.4) is 0 Å². The van der Waals surface area contributed by atoms with E-state index in [1.54, 1.807) is 23.9 Å². The molecule has 112 valence electrons. The van der Waals surface area contributed by atoms with E-state index in [4.69, 9.17) is 4.74 Å². The highest BCUT2D eigenvalue weighted by molar-refractivity contribution is 7.10. The molecule has 0 N–H and O–H groups in total. The van der Waals surface area contributed by atoms with E-state index >= 15 is 0 Å². The Morgan fingerprint density at radius 3 is 2.77 bits per heavy atom. The molecule has 1 atom stereocenters. The summed E-state index contributed by atoms with van der Waals surface area (Å²) >= 11 is 1.57. The Bertz CT molecular complexity index is 735. The first kappa shape index (κ1) is 14.5. The Labute approximate surface area is 133 Å². The molecular formula is C17H16N2O2S. The number of aromatic nitrogens is 2. The zero-order chi connectivity index (χ0) is 15.4. The van der Waals surface area contributed by atoms with E-state index in [0.717, 1.165) is 10.6 Å². The normalized spacial score (nSPS) is 12.0. The number of ether oxygens (including phenoxy) is 1. The van der Waals surface area contributed by atoms with Gasteiger partial charge in [-0.2, -0.15) is 0 Å². The molecule has 3 rings (SSSR count). The maximum Gasteiger partial charge on any atom is 0.303 e. The second-order valence-corrected chi connectivity index (χ2v) is 5.92. The molecule has 0 amide bonds. The first-order valence-electron chi connectivity index (χ1n) is 6.98. The Kier molecular flexibility index (Phi) is 4.34. The molecule has 0 aliphatic rings. The Balaban J connectivity index is 1.92. The van der Waals surface area contributed by atoms with Gasteiger partial charge in [-0.25, -0.2) is 4.98 Å². The quantitative estimate of drug-likeness (QED) is 0.676. The van der Waals surface area contributed by atoms with Gasteiger partial charge in [0.25, 0.3) is 0 Å². The van der Waals surface area contributed by atoms with Crippen molar-refractivity contribution in [3.8, 4) is 0 Å². The van der Waals surface area contributed by atoms with Crippen LogP contribution in [0.5, 0.6) is 0 Å². The summed E-state index contributed by atoms with van der Waals surface area (Å²) in [6.07, 6.45) is 3.12. The summed E-state index contributed by atoms with van der Waals surface area (Å²) in [5, 5.41) is 1.98. The van der Waals surface area contributed by atoms with Gasteiger partial charge >= 0.3 is 5.97 Å². The van der Waals surface area contributed by atoms with Crippen LogP contribution < -0.4 is 0 Å². The molecule has 0 bridgehead atoms. The lowest BCUT2D eigenvalue weighted by Crippen LogP contribution is -2.14. The number of hydrogen-bond acceptors (Lipinski definition) is 4. The summed E-state index contributed by atoms with van der Waals surface area (Å²) in [7, 11) is 0. The van der Waals surface area contributed by atoms with Gasteiger partial charge in [0.1, 0.15) is 0 Å². The number of rotatable bonds is 5. The third kappa shape index (κ3) is 3.26. The maximum absolute atomic E-state index is 11.5. The molecule has 2 aromatic heterocycles. The van der Waals surface area contributed by atoms with Gasteiger partial charge in [0.15, 0.2) is 6.10 Å². The lowest BCUT2D eigenvalue weighted by atomic mass is 10.2. The fourth-order valence-corrected chi connectivity index (χ4v) is 3.10. The van der Waals surface area contributed by atoms with Crippen LogP contribution in [0.1, 0.15) is 29.2 Å². The predicted molar refractivity (Wildman–Crippen MR) is 85.7 cm³/mol. The number of esters is 1. The van der Waals surface area contributed by atoms with Crippen LogP contribution in [0.4, 0.5) is 0 Å². The second kappa shape index (κ2) is 6.58. The molecule has 0 spiro atoms. The highest BCUT2D eigenvalue weighted by Crippen LogP contribution is 2.29. The fourth-order valence-electron chi connectivity index (χ4n) is 2.33. The average molecular weight is 312 g/mol. The largest absolute Gasteiger partial charge is 0.450 e. The Hall–Kier alpha value is -2.40. The van der Waals surface area contributed by atoms with Gasteiger partial charge in [-0.3, -0.25) is 4.79 Å². The summed E-state index contributed by atoms with van der Waals surface area (Å²) in [4.78, 5) is 16.7. The van der Waals surface area contributed by atoms with Gasteiger partial charge in [-0.15, -0.1) is 11.3 Å². The Morgan fingerprint density at radius 1 is 1.27 bits per heavy atom. The van der Waals surface area contributed by atoms with E-state index in [-0.39, 0.29) is 5.97 Å². The summed E-state index contributed by atoms with van der Waals surface area (Å²) in [6.45, 7) is 2.12. The van der Waals surface area contributed by atoms with Crippen LogP contribution in [0.25, 0.3) is 0 Å². The molecule has 0 fully saturated rings. The van der Waals surface area contributed by atoms with Crippen LogP contribution >= 0.6 is 11.3 Å². The molecule has 3 aromatic rings. The number of thiophene rings is 1. The minimum absolute atomic E-state index is 0.300. The average Bonchev–Trinajstić information content (AvgIpc) is 3.17. The van der Waals surface area contributed by atoms with Crippen molar-refractivity contribution >= 4 is 17.3 Å². The topological polar surface area (TPSA) is 44.1 Å². The predicted octanol–water partition coefficient (Wildman–Crippen LogP) is 3.65. The molecule has 4 nitrogen and oxygen atoms in total. The third-order valence-electron chi connectivity index (χ3n) is 3.29. The van der Waals surface area contributed by atoms with Crippen LogP contribution in [0.15, 0.2) is 60.4 Å². The molecule has 0 aliphatic heterocycles. The molecule has 0 radical (unpaired) electrons. The standard InChI is InChI=1S/C17H16N2O2S/c1-13(20)21-17(16-8-5-9-22-16)15-10-18-12-19(15)11-14-6-3-2-4-7-14/h2-10,12,17H,11H2,1H3. The van der Waals surface area contributed by atoms with Crippen molar-refractivity contribution in [2.24, 2.45) is 0 Å². The van der Waals surface area contributed by atoms with Crippen LogP contribution in [0, 0.1) is 0 Å². The van der Waals surface area contributed by atoms with Crippen molar-refractivity contribution in [1.29, 1.82) is 0 Å². The number of carbonyl (C=O) groups is 1. The monoisotopic (exact) mass is 312 g/mol. The zero-order valence-electron chi connectivity index (χ0n) is 12.2. The summed E-state index contributed by atoms with van der Waals surface area (Å²) in [6, 6.07) is 14.1.